The topological polar surface area (TPSA) is 28.2 Å². The van der Waals surface area contributed by atoms with Gasteiger partial charge in [-0.2, -0.15) is 0 Å². The van der Waals surface area contributed by atoms with Gasteiger partial charge >= 0.3 is 0 Å². The molecule has 1 atom stereocenters. The van der Waals surface area contributed by atoms with E-state index in [1.807, 2.05) is 11.3 Å². The van der Waals surface area contributed by atoms with E-state index >= 15 is 0 Å². The number of aryl methyl sites for hydroxylation is 1. The summed E-state index contributed by atoms with van der Waals surface area (Å²) in [4.78, 5) is 8.69. The molecule has 0 saturated carbocycles. The lowest BCUT2D eigenvalue weighted by molar-refractivity contribution is 0.594. The van der Waals surface area contributed by atoms with Crippen molar-refractivity contribution in [3.05, 3.63) is 10.6 Å². The average molecular weight is 298 g/mol. The van der Waals surface area contributed by atoms with Crippen molar-refractivity contribution in [3.63, 3.8) is 0 Å². The van der Waals surface area contributed by atoms with Gasteiger partial charge in [0.15, 0.2) is 5.13 Å². The van der Waals surface area contributed by atoms with E-state index in [2.05, 4.69) is 44.8 Å². The van der Waals surface area contributed by atoms with E-state index in [0.29, 0.717) is 6.04 Å². The predicted octanol–water partition coefficient (Wildman–Crippen LogP) is 4.36. The maximum absolute atomic E-state index is 4.82. The number of thiazole rings is 1. The molecule has 3 nitrogen and oxygen atoms in total. The largest absolute Gasteiger partial charge is 0.345 e. The van der Waals surface area contributed by atoms with E-state index in [-0.39, 0.29) is 0 Å². The summed E-state index contributed by atoms with van der Waals surface area (Å²) in [5.41, 5.74) is 1.19. The standard InChI is InChI=1S/C16H31N3S/c1-6-9-11-19(13(4)8-3)16-18-14(5)15(20-16)12-17-10-7-2/h13,17H,6-12H2,1-5H3. The van der Waals surface area contributed by atoms with E-state index in [1.54, 1.807) is 0 Å². The fourth-order valence-electron chi connectivity index (χ4n) is 2.13. The average Bonchev–Trinajstić information content (AvgIpc) is 2.80. The van der Waals surface area contributed by atoms with Crippen molar-refractivity contribution < 1.29 is 0 Å². The van der Waals surface area contributed by atoms with Crippen molar-refractivity contribution in [2.45, 2.75) is 72.9 Å². The van der Waals surface area contributed by atoms with Gasteiger partial charge in [0.25, 0.3) is 0 Å². The Morgan fingerprint density at radius 1 is 1.25 bits per heavy atom. The predicted molar refractivity (Wildman–Crippen MR) is 90.9 cm³/mol. The molecule has 0 aliphatic rings. The van der Waals surface area contributed by atoms with Crippen LogP contribution in [0, 0.1) is 6.92 Å². The highest BCUT2D eigenvalue weighted by molar-refractivity contribution is 7.15. The first-order valence-electron chi connectivity index (χ1n) is 8.07. The Bertz CT molecular complexity index is 376. The van der Waals surface area contributed by atoms with Crippen molar-refractivity contribution >= 4 is 16.5 Å². The summed E-state index contributed by atoms with van der Waals surface area (Å²) in [6.07, 6.45) is 4.83. The Labute approximate surface area is 128 Å². The van der Waals surface area contributed by atoms with Gasteiger partial charge in [0.05, 0.1) is 5.69 Å². The van der Waals surface area contributed by atoms with Crippen LogP contribution in [0.15, 0.2) is 0 Å². The van der Waals surface area contributed by atoms with Gasteiger partial charge in [-0.05, 0) is 39.7 Å². The molecule has 1 aromatic heterocycles. The van der Waals surface area contributed by atoms with Crippen LogP contribution >= 0.6 is 11.3 Å². The highest BCUT2D eigenvalue weighted by Gasteiger charge is 2.17. The first kappa shape index (κ1) is 17.4. The molecule has 0 radical (unpaired) electrons. The molecule has 4 heteroatoms. The third-order valence-corrected chi connectivity index (χ3v) is 4.91. The summed E-state index contributed by atoms with van der Waals surface area (Å²) in [5, 5.41) is 4.69. The molecule has 1 heterocycles. The van der Waals surface area contributed by atoms with Crippen molar-refractivity contribution in [3.8, 4) is 0 Å². The fraction of sp³-hybridized carbons (Fsp3) is 0.812. The van der Waals surface area contributed by atoms with Crippen LogP contribution in [0.4, 0.5) is 5.13 Å². The lowest BCUT2D eigenvalue weighted by Crippen LogP contribution is -2.33. The molecule has 0 spiro atoms. The minimum absolute atomic E-state index is 0.573. The zero-order valence-corrected chi connectivity index (χ0v) is 14.6. The van der Waals surface area contributed by atoms with Gasteiger partial charge in [0.1, 0.15) is 0 Å². The monoisotopic (exact) mass is 297 g/mol. The number of hydrogen-bond donors (Lipinski definition) is 1. The van der Waals surface area contributed by atoms with Crippen LogP contribution in [0.3, 0.4) is 0 Å². The molecule has 116 valence electrons. The third-order valence-electron chi connectivity index (χ3n) is 3.71. The minimum Gasteiger partial charge on any atom is -0.345 e. The van der Waals surface area contributed by atoms with E-state index in [9.17, 15) is 0 Å². The summed E-state index contributed by atoms with van der Waals surface area (Å²) in [5.74, 6) is 0. The fourth-order valence-corrected chi connectivity index (χ4v) is 3.29. The van der Waals surface area contributed by atoms with Crippen LogP contribution < -0.4 is 10.2 Å². The molecule has 0 fully saturated rings. The van der Waals surface area contributed by atoms with Crippen molar-refractivity contribution in [1.29, 1.82) is 0 Å². The smallest absolute Gasteiger partial charge is 0.186 e. The Kier molecular flexibility index (Phi) is 8.15. The van der Waals surface area contributed by atoms with Crippen LogP contribution in [0.5, 0.6) is 0 Å². The summed E-state index contributed by atoms with van der Waals surface area (Å²) in [6, 6.07) is 0.573. The number of anilines is 1. The number of hydrogen-bond acceptors (Lipinski definition) is 4. The molecule has 1 unspecified atom stereocenters. The van der Waals surface area contributed by atoms with Crippen LogP contribution in [0.1, 0.15) is 63.9 Å². The molecule has 0 bridgehead atoms. The lowest BCUT2D eigenvalue weighted by atomic mass is 10.2. The number of nitrogens with zero attached hydrogens (tertiary/aromatic N) is 2. The van der Waals surface area contributed by atoms with Gasteiger partial charge < -0.3 is 10.2 Å². The molecule has 1 aromatic rings. The van der Waals surface area contributed by atoms with E-state index in [0.717, 1.165) is 19.6 Å². The third kappa shape index (κ3) is 5.06. The zero-order chi connectivity index (χ0) is 15.0. The molecule has 20 heavy (non-hydrogen) atoms. The first-order valence-corrected chi connectivity index (χ1v) is 8.89. The zero-order valence-electron chi connectivity index (χ0n) is 13.8. The van der Waals surface area contributed by atoms with Crippen LogP contribution in [-0.2, 0) is 6.54 Å². The molecule has 0 aromatic carbocycles. The molecule has 0 saturated heterocycles. The van der Waals surface area contributed by atoms with E-state index in [1.165, 1.54) is 41.4 Å². The molecule has 0 aliphatic heterocycles. The number of aromatic nitrogens is 1. The Morgan fingerprint density at radius 2 is 2.00 bits per heavy atom. The molecular weight excluding hydrogens is 266 g/mol. The maximum Gasteiger partial charge on any atom is 0.186 e. The van der Waals surface area contributed by atoms with Crippen molar-refractivity contribution in [1.82, 2.24) is 10.3 Å². The molecule has 0 aliphatic carbocycles. The molecule has 1 rings (SSSR count). The van der Waals surface area contributed by atoms with Crippen molar-refractivity contribution in [2.24, 2.45) is 0 Å². The molecule has 0 amide bonds. The minimum atomic E-state index is 0.573. The van der Waals surface area contributed by atoms with Gasteiger partial charge in [0.2, 0.25) is 0 Å². The number of rotatable bonds is 10. The van der Waals surface area contributed by atoms with Gasteiger partial charge in [0, 0.05) is 24.0 Å². The van der Waals surface area contributed by atoms with Crippen molar-refractivity contribution in [2.75, 3.05) is 18.0 Å². The first-order chi connectivity index (χ1) is 9.63. The quantitative estimate of drug-likeness (QED) is 0.651. The van der Waals surface area contributed by atoms with Crippen LogP contribution in [-0.4, -0.2) is 24.1 Å². The second-order valence-electron chi connectivity index (χ2n) is 5.49. The summed E-state index contributed by atoms with van der Waals surface area (Å²) in [7, 11) is 0. The van der Waals surface area contributed by atoms with Crippen LogP contribution in [0.2, 0.25) is 0 Å². The van der Waals surface area contributed by atoms with E-state index in [4.69, 9.17) is 4.98 Å². The summed E-state index contributed by atoms with van der Waals surface area (Å²) in [6.45, 7) is 14.3. The maximum atomic E-state index is 4.82. The second-order valence-corrected chi connectivity index (χ2v) is 6.55. The highest BCUT2D eigenvalue weighted by Crippen LogP contribution is 2.28. The molecule has 1 N–H and O–H groups in total. The second kappa shape index (κ2) is 9.35. The van der Waals surface area contributed by atoms with Gasteiger partial charge in [-0.1, -0.05) is 27.2 Å². The SMILES string of the molecule is CCCCN(c1nc(C)c(CNCCC)s1)C(C)CC. The number of unbranched alkanes of at least 4 members (excludes halogenated alkanes) is 1. The van der Waals surface area contributed by atoms with Crippen LogP contribution in [0.25, 0.3) is 0 Å². The summed E-state index contributed by atoms with van der Waals surface area (Å²) >= 11 is 1.86. The Hall–Kier alpha value is -0.610. The van der Waals surface area contributed by atoms with E-state index < -0.39 is 0 Å². The van der Waals surface area contributed by atoms with Gasteiger partial charge in [-0.15, -0.1) is 11.3 Å². The molecular formula is C16H31N3S. The number of nitrogens with one attached hydrogen (secondary N) is 1. The Balaban J connectivity index is 2.77. The van der Waals surface area contributed by atoms with Gasteiger partial charge in [-0.25, -0.2) is 4.98 Å². The highest BCUT2D eigenvalue weighted by atomic mass is 32.1. The summed E-state index contributed by atoms with van der Waals surface area (Å²) < 4.78 is 0. The lowest BCUT2D eigenvalue weighted by Gasteiger charge is -2.28. The normalized spacial score (nSPS) is 12.7. The Morgan fingerprint density at radius 3 is 2.60 bits per heavy atom. The van der Waals surface area contributed by atoms with Gasteiger partial charge in [-0.3, -0.25) is 0 Å².